The average molecular weight is 334 g/mol. The molecule has 134 valence electrons. The molecule has 24 heavy (non-hydrogen) atoms. The third-order valence-corrected chi connectivity index (χ3v) is 3.74. The fraction of sp³-hybridized carbons (Fsp3) is 0.600. The molecular formula is C20H30O4. The van der Waals surface area contributed by atoms with Gasteiger partial charge in [-0.1, -0.05) is 51.2 Å². The molecule has 1 rings (SSSR count). The van der Waals surface area contributed by atoms with E-state index in [1.54, 1.807) is 6.07 Å². The van der Waals surface area contributed by atoms with E-state index < -0.39 is 0 Å². The molecule has 0 saturated heterocycles. The summed E-state index contributed by atoms with van der Waals surface area (Å²) in [4.78, 5) is 23.3. The second-order valence-electron chi connectivity index (χ2n) is 6.13. The van der Waals surface area contributed by atoms with Gasteiger partial charge in [-0.05, 0) is 37.5 Å². The van der Waals surface area contributed by atoms with Crippen molar-refractivity contribution in [3.63, 3.8) is 0 Å². The van der Waals surface area contributed by atoms with E-state index in [4.69, 9.17) is 9.47 Å². The van der Waals surface area contributed by atoms with Crippen LogP contribution in [-0.2, 0) is 14.3 Å². The van der Waals surface area contributed by atoms with E-state index in [1.165, 1.54) is 25.7 Å². The average Bonchev–Trinajstić information content (AvgIpc) is 2.54. The summed E-state index contributed by atoms with van der Waals surface area (Å²) < 4.78 is 10.4. The van der Waals surface area contributed by atoms with Crippen LogP contribution in [-0.4, -0.2) is 18.5 Å². The Hall–Kier alpha value is -1.84. The van der Waals surface area contributed by atoms with Gasteiger partial charge in [0.05, 0.1) is 6.61 Å². The molecule has 0 heterocycles. The Morgan fingerprint density at radius 3 is 2.38 bits per heavy atom. The van der Waals surface area contributed by atoms with Crippen molar-refractivity contribution in [2.24, 2.45) is 0 Å². The van der Waals surface area contributed by atoms with E-state index >= 15 is 0 Å². The lowest BCUT2D eigenvalue weighted by Gasteiger charge is -2.06. The third-order valence-electron chi connectivity index (χ3n) is 3.74. The van der Waals surface area contributed by atoms with Crippen LogP contribution in [0.25, 0.3) is 0 Å². The zero-order chi connectivity index (χ0) is 17.6. The van der Waals surface area contributed by atoms with Gasteiger partial charge >= 0.3 is 11.9 Å². The molecule has 0 atom stereocenters. The molecule has 1 aromatic rings. The number of carbonyl (C=O) groups excluding carboxylic acids is 2. The topological polar surface area (TPSA) is 52.6 Å². The smallest absolute Gasteiger partial charge is 0.311 e. The minimum atomic E-state index is -0.315. The number of hydrogen-bond donors (Lipinski definition) is 0. The fourth-order valence-corrected chi connectivity index (χ4v) is 2.38. The first kappa shape index (κ1) is 20.2. The number of esters is 2. The SMILES string of the molecule is CCCCCCCCOC(=O)CCCC(=O)Oc1cccc(C)c1. The minimum Gasteiger partial charge on any atom is -0.466 e. The largest absolute Gasteiger partial charge is 0.466 e. The number of benzene rings is 1. The Labute approximate surface area is 145 Å². The molecule has 0 aromatic heterocycles. The Morgan fingerprint density at radius 2 is 1.62 bits per heavy atom. The number of rotatable bonds is 12. The number of carbonyl (C=O) groups is 2. The van der Waals surface area contributed by atoms with Gasteiger partial charge in [-0.25, -0.2) is 0 Å². The molecule has 0 aliphatic rings. The van der Waals surface area contributed by atoms with Gasteiger partial charge in [-0.3, -0.25) is 9.59 Å². The van der Waals surface area contributed by atoms with Crippen LogP contribution < -0.4 is 4.74 Å². The molecule has 0 saturated carbocycles. The summed E-state index contributed by atoms with van der Waals surface area (Å²) in [5.41, 5.74) is 1.04. The maximum Gasteiger partial charge on any atom is 0.311 e. The van der Waals surface area contributed by atoms with Gasteiger partial charge in [0.2, 0.25) is 0 Å². The van der Waals surface area contributed by atoms with E-state index in [0.717, 1.165) is 18.4 Å². The van der Waals surface area contributed by atoms with Gasteiger partial charge in [-0.15, -0.1) is 0 Å². The normalized spacial score (nSPS) is 10.4. The molecule has 1 aromatic carbocycles. The van der Waals surface area contributed by atoms with Crippen molar-refractivity contribution in [2.75, 3.05) is 6.61 Å². The van der Waals surface area contributed by atoms with Crippen molar-refractivity contribution in [1.29, 1.82) is 0 Å². The summed E-state index contributed by atoms with van der Waals surface area (Å²) in [7, 11) is 0. The quantitative estimate of drug-likeness (QED) is 0.307. The van der Waals surface area contributed by atoms with E-state index in [1.807, 2.05) is 25.1 Å². The molecular weight excluding hydrogens is 304 g/mol. The maximum absolute atomic E-state index is 11.7. The molecule has 0 radical (unpaired) electrons. The predicted octanol–water partition coefficient (Wildman–Crippen LogP) is 4.97. The van der Waals surface area contributed by atoms with Gasteiger partial charge in [-0.2, -0.15) is 0 Å². The molecule has 4 heteroatoms. The summed E-state index contributed by atoms with van der Waals surface area (Å²) in [5, 5.41) is 0. The Morgan fingerprint density at radius 1 is 0.917 bits per heavy atom. The second kappa shape index (κ2) is 12.6. The van der Waals surface area contributed by atoms with Crippen LogP contribution in [0.2, 0.25) is 0 Å². The lowest BCUT2D eigenvalue weighted by Crippen LogP contribution is -2.10. The van der Waals surface area contributed by atoms with Crippen LogP contribution in [0.5, 0.6) is 5.75 Å². The lowest BCUT2D eigenvalue weighted by molar-refractivity contribution is -0.144. The van der Waals surface area contributed by atoms with E-state index in [-0.39, 0.29) is 24.8 Å². The molecule has 0 bridgehead atoms. The zero-order valence-electron chi connectivity index (χ0n) is 15.0. The molecule has 0 fully saturated rings. The zero-order valence-corrected chi connectivity index (χ0v) is 15.0. The lowest BCUT2D eigenvalue weighted by atomic mass is 10.1. The Kier molecular flexibility index (Phi) is 10.6. The first-order chi connectivity index (χ1) is 11.6. The number of aryl methyl sites for hydroxylation is 1. The highest BCUT2D eigenvalue weighted by Crippen LogP contribution is 2.13. The molecule has 0 spiro atoms. The summed E-state index contributed by atoms with van der Waals surface area (Å²) in [6.45, 7) is 4.62. The second-order valence-corrected chi connectivity index (χ2v) is 6.13. The predicted molar refractivity (Wildman–Crippen MR) is 95.0 cm³/mol. The Bertz CT molecular complexity index is 496. The first-order valence-electron chi connectivity index (χ1n) is 9.04. The summed E-state index contributed by atoms with van der Waals surface area (Å²) in [5.74, 6) is 0.00175. The van der Waals surface area contributed by atoms with E-state index in [9.17, 15) is 9.59 Å². The standard InChI is InChI=1S/C20H30O4/c1-3-4-5-6-7-8-15-23-19(21)13-10-14-20(22)24-18-12-9-11-17(2)16-18/h9,11-12,16H,3-8,10,13-15H2,1-2H3. The van der Waals surface area contributed by atoms with Crippen molar-refractivity contribution in [1.82, 2.24) is 0 Å². The highest BCUT2D eigenvalue weighted by atomic mass is 16.5. The van der Waals surface area contributed by atoms with Crippen LogP contribution in [0.15, 0.2) is 24.3 Å². The molecule has 0 amide bonds. The molecule has 4 nitrogen and oxygen atoms in total. The molecule has 0 N–H and O–H groups in total. The van der Waals surface area contributed by atoms with Crippen molar-refractivity contribution in [3.8, 4) is 5.75 Å². The summed E-state index contributed by atoms with van der Waals surface area (Å²) >= 11 is 0. The van der Waals surface area contributed by atoms with Crippen molar-refractivity contribution < 1.29 is 19.1 Å². The highest BCUT2D eigenvalue weighted by Gasteiger charge is 2.08. The monoisotopic (exact) mass is 334 g/mol. The molecule has 0 unspecified atom stereocenters. The number of ether oxygens (including phenoxy) is 2. The van der Waals surface area contributed by atoms with Crippen molar-refractivity contribution in [3.05, 3.63) is 29.8 Å². The fourth-order valence-electron chi connectivity index (χ4n) is 2.38. The Balaban J connectivity index is 2.03. The third kappa shape index (κ3) is 10.0. The van der Waals surface area contributed by atoms with Crippen LogP contribution in [0.4, 0.5) is 0 Å². The number of unbranched alkanes of at least 4 members (excludes halogenated alkanes) is 5. The van der Waals surface area contributed by atoms with Gasteiger partial charge in [0, 0.05) is 12.8 Å². The molecule has 0 aliphatic carbocycles. The van der Waals surface area contributed by atoms with Crippen LogP contribution >= 0.6 is 0 Å². The van der Waals surface area contributed by atoms with Gasteiger partial charge in [0.1, 0.15) is 5.75 Å². The van der Waals surface area contributed by atoms with Gasteiger partial charge in [0.15, 0.2) is 0 Å². The van der Waals surface area contributed by atoms with Crippen LogP contribution in [0, 0.1) is 6.92 Å². The van der Waals surface area contributed by atoms with Gasteiger partial charge < -0.3 is 9.47 Å². The van der Waals surface area contributed by atoms with E-state index in [0.29, 0.717) is 18.8 Å². The number of hydrogen-bond acceptors (Lipinski definition) is 4. The minimum absolute atomic E-state index is 0.222. The van der Waals surface area contributed by atoms with E-state index in [2.05, 4.69) is 6.92 Å². The summed E-state index contributed by atoms with van der Waals surface area (Å²) in [6.07, 6.45) is 7.95. The molecule has 0 aliphatic heterocycles. The maximum atomic E-state index is 11.7. The van der Waals surface area contributed by atoms with Crippen LogP contribution in [0.1, 0.15) is 70.3 Å². The summed E-state index contributed by atoms with van der Waals surface area (Å²) in [6, 6.07) is 7.35. The van der Waals surface area contributed by atoms with Crippen molar-refractivity contribution in [2.45, 2.75) is 71.6 Å². The van der Waals surface area contributed by atoms with Gasteiger partial charge in [0.25, 0.3) is 0 Å². The first-order valence-corrected chi connectivity index (χ1v) is 9.04. The van der Waals surface area contributed by atoms with Crippen molar-refractivity contribution >= 4 is 11.9 Å². The van der Waals surface area contributed by atoms with Crippen LogP contribution in [0.3, 0.4) is 0 Å². The highest BCUT2D eigenvalue weighted by molar-refractivity contribution is 5.74.